The van der Waals surface area contributed by atoms with Gasteiger partial charge in [0.15, 0.2) is 0 Å². The van der Waals surface area contributed by atoms with Crippen molar-refractivity contribution in [2.75, 3.05) is 19.7 Å². The molecule has 4 aromatic rings. The summed E-state index contributed by atoms with van der Waals surface area (Å²) in [4.78, 5) is 26.3. The predicted molar refractivity (Wildman–Crippen MR) is 156 cm³/mol. The molecule has 0 unspecified atom stereocenters. The van der Waals surface area contributed by atoms with Crippen LogP contribution in [0.15, 0.2) is 87.6 Å². The zero-order chi connectivity index (χ0) is 29.0. The number of rotatable bonds is 8. The molecule has 41 heavy (non-hydrogen) atoms. The molecule has 5 rings (SSSR count). The number of hydrazone groups is 1. The van der Waals surface area contributed by atoms with E-state index in [0.29, 0.717) is 41.9 Å². The molecule has 1 amide bonds. The van der Waals surface area contributed by atoms with Crippen molar-refractivity contribution in [1.82, 2.24) is 14.3 Å². The second-order valence-electron chi connectivity index (χ2n) is 9.54. The monoisotopic (exact) mass is 574 g/mol. The fraction of sp³-hybridized carbons (Fsp3) is 0.233. The number of nitrogens with zero attached hydrogens (tertiary/aromatic N) is 3. The number of carbonyl (C=O) groups excluding carboxylic acids is 1. The van der Waals surface area contributed by atoms with Crippen LogP contribution in [0.4, 0.5) is 0 Å². The van der Waals surface area contributed by atoms with Crippen molar-refractivity contribution in [3.8, 4) is 17.3 Å². The number of hydrogen-bond donors (Lipinski definition) is 2. The van der Waals surface area contributed by atoms with E-state index in [4.69, 9.17) is 4.74 Å². The van der Waals surface area contributed by atoms with Crippen LogP contribution in [0, 0.1) is 0 Å². The highest BCUT2D eigenvalue weighted by Crippen LogP contribution is 2.27. The first-order valence-corrected chi connectivity index (χ1v) is 14.8. The topological polar surface area (TPSA) is 130 Å². The van der Waals surface area contributed by atoms with Crippen LogP contribution in [0.2, 0.25) is 0 Å². The summed E-state index contributed by atoms with van der Waals surface area (Å²) in [6.07, 6.45) is 3.87. The molecule has 0 spiro atoms. The van der Waals surface area contributed by atoms with E-state index in [1.807, 2.05) is 6.92 Å². The maximum Gasteiger partial charge on any atom is 0.271 e. The first kappa shape index (κ1) is 28.1. The number of fused-ring (bicyclic) bond motifs is 1. The van der Waals surface area contributed by atoms with E-state index in [2.05, 4.69) is 10.5 Å². The third kappa shape index (κ3) is 5.72. The molecule has 3 aromatic carbocycles. The Balaban J connectivity index is 1.44. The molecule has 0 aliphatic carbocycles. The van der Waals surface area contributed by atoms with Gasteiger partial charge in [-0.05, 0) is 68.3 Å². The van der Waals surface area contributed by atoms with Crippen LogP contribution in [0.5, 0.6) is 11.6 Å². The predicted octanol–water partition coefficient (Wildman–Crippen LogP) is 4.03. The van der Waals surface area contributed by atoms with Gasteiger partial charge in [0.05, 0.1) is 29.0 Å². The lowest BCUT2D eigenvalue weighted by atomic mass is 10.1. The second kappa shape index (κ2) is 11.9. The summed E-state index contributed by atoms with van der Waals surface area (Å²) in [6.45, 7) is 3.27. The van der Waals surface area contributed by atoms with E-state index in [9.17, 15) is 23.1 Å². The Kier molecular flexibility index (Phi) is 8.18. The smallest absolute Gasteiger partial charge is 0.271 e. The number of benzene rings is 3. The Bertz CT molecular complexity index is 1780. The van der Waals surface area contributed by atoms with E-state index < -0.39 is 21.5 Å². The maximum absolute atomic E-state index is 13.3. The van der Waals surface area contributed by atoms with E-state index >= 15 is 0 Å². The average Bonchev–Trinajstić information content (AvgIpc) is 3.00. The van der Waals surface area contributed by atoms with Gasteiger partial charge in [0.2, 0.25) is 15.9 Å². The molecule has 11 heteroatoms. The standard InChI is InChI=1S/C30H30N4O6S/c1-2-40-23-15-13-22(14-16-23)34-29(36)26-12-5-4-11-25(26)27(30(34)37)20-31-32-28(35)21-9-8-10-24(19-21)41(38,39)33-17-6-3-7-18-33/h4-5,8-16,19-20,37H,2-3,6-7,17-18H2,1H3,(H,32,35)/b31-20-. The number of aromatic hydroxyl groups is 1. The first-order chi connectivity index (χ1) is 19.8. The second-order valence-corrected chi connectivity index (χ2v) is 11.5. The highest BCUT2D eigenvalue weighted by molar-refractivity contribution is 7.89. The van der Waals surface area contributed by atoms with Crippen LogP contribution >= 0.6 is 0 Å². The Morgan fingerprint density at radius 2 is 1.71 bits per heavy atom. The van der Waals surface area contributed by atoms with Crippen LogP contribution in [-0.4, -0.2) is 54.2 Å². The number of nitrogens with one attached hydrogen (secondary N) is 1. The molecule has 1 aliphatic rings. The number of sulfonamides is 1. The van der Waals surface area contributed by atoms with Gasteiger partial charge in [-0.25, -0.2) is 18.4 Å². The molecule has 2 N–H and O–H groups in total. The van der Waals surface area contributed by atoms with Gasteiger partial charge in [-0.3, -0.25) is 9.59 Å². The summed E-state index contributed by atoms with van der Waals surface area (Å²) in [6, 6.07) is 19.3. The molecule has 2 heterocycles. The van der Waals surface area contributed by atoms with Crippen molar-refractivity contribution in [1.29, 1.82) is 0 Å². The van der Waals surface area contributed by atoms with E-state index in [-0.39, 0.29) is 21.9 Å². The van der Waals surface area contributed by atoms with Crippen molar-refractivity contribution < 1.29 is 23.1 Å². The number of hydrogen-bond acceptors (Lipinski definition) is 7. The normalized spacial score (nSPS) is 14.4. The third-order valence-corrected chi connectivity index (χ3v) is 8.81. The lowest BCUT2D eigenvalue weighted by molar-refractivity contribution is 0.0955. The Morgan fingerprint density at radius 3 is 2.41 bits per heavy atom. The summed E-state index contributed by atoms with van der Waals surface area (Å²) in [5.41, 5.74) is 2.74. The van der Waals surface area contributed by atoms with Crippen LogP contribution in [-0.2, 0) is 10.0 Å². The number of ether oxygens (including phenoxy) is 1. The van der Waals surface area contributed by atoms with Gasteiger partial charge in [-0.15, -0.1) is 0 Å². The first-order valence-electron chi connectivity index (χ1n) is 13.3. The van der Waals surface area contributed by atoms with Crippen LogP contribution in [0.3, 0.4) is 0 Å². The van der Waals surface area contributed by atoms with Gasteiger partial charge >= 0.3 is 0 Å². The van der Waals surface area contributed by atoms with Crippen molar-refractivity contribution in [2.45, 2.75) is 31.1 Å². The number of aromatic nitrogens is 1. The van der Waals surface area contributed by atoms with E-state index in [0.717, 1.165) is 23.8 Å². The molecular formula is C30H30N4O6S. The SMILES string of the molecule is CCOc1ccc(-n2c(O)c(/C=N\NC(=O)c3cccc(S(=O)(=O)N4CCCCC4)c3)c3ccccc3c2=O)cc1. The number of amides is 1. The van der Waals surface area contributed by atoms with Gasteiger partial charge in [-0.1, -0.05) is 30.7 Å². The zero-order valence-corrected chi connectivity index (χ0v) is 23.3. The zero-order valence-electron chi connectivity index (χ0n) is 22.5. The fourth-order valence-electron chi connectivity index (χ4n) is 4.86. The molecule has 0 radical (unpaired) electrons. The van der Waals surface area contributed by atoms with E-state index in [1.165, 1.54) is 34.8 Å². The van der Waals surface area contributed by atoms with Gasteiger partial charge in [-0.2, -0.15) is 9.41 Å². The fourth-order valence-corrected chi connectivity index (χ4v) is 6.42. The number of carbonyl (C=O) groups is 1. The number of pyridine rings is 1. The minimum absolute atomic E-state index is 0.0436. The summed E-state index contributed by atoms with van der Waals surface area (Å²) >= 11 is 0. The van der Waals surface area contributed by atoms with Gasteiger partial charge in [0.1, 0.15) is 5.75 Å². The van der Waals surface area contributed by atoms with Gasteiger partial charge in [0, 0.05) is 29.4 Å². The lowest BCUT2D eigenvalue weighted by Crippen LogP contribution is -2.35. The van der Waals surface area contributed by atoms with Gasteiger partial charge in [0.25, 0.3) is 11.5 Å². The molecule has 1 aromatic heterocycles. The summed E-state index contributed by atoms with van der Waals surface area (Å²) in [7, 11) is -3.71. The van der Waals surface area contributed by atoms with Crippen molar-refractivity contribution in [2.24, 2.45) is 5.10 Å². The van der Waals surface area contributed by atoms with Crippen molar-refractivity contribution in [3.63, 3.8) is 0 Å². The highest BCUT2D eigenvalue weighted by atomic mass is 32.2. The molecule has 0 saturated carbocycles. The minimum Gasteiger partial charge on any atom is -0.494 e. The molecule has 1 saturated heterocycles. The highest BCUT2D eigenvalue weighted by Gasteiger charge is 2.26. The molecule has 0 bridgehead atoms. The lowest BCUT2D eigenvalue weighted by Gasteiger charge is -2.25. The van der Waals surface area contributed by atoms with E-state index in [1.54, 1.807) is 48.5 Å². The van der Waals surface area contributed by atoms with Gasteiger partial charge < -0.3 is 9.84 Å². The quantitative estimate of drug-likeness (QED) is 0.241. The van der Waals surface area contributed by atoms with Crippen LogP contribution in [0.25, 0.3) is 16.5 Å². The minimum atomic E-state index is -3.71. The maximum atomic E-state index is 13.3. The average molecular weight is 575 g/mol. The largest absolute Gasteiger partial charge is 0.494 e. The molecular weight excluding hydrogens is 544 g/mol. The number of piperidine rings is 1. The molecule has 10 nitrogen and oxygen atoms in total. The molecule has 1 fully saturated rings. The molecule has 1 aliphatic heterocycles. The third-order valence-electron chi connectivity index (χ3n) is 6.92. The van der Waals surface area contributed by atoms with Crippen LogP contribution < -0.4 is 15.7 Å². The van der Waals surface area contributed by atoms with Crippen LogP contribution in [0.1, 0.15) is 42.1 Å². The molecule has 212 valence electrons. The molecule has 0 atom stereocenters. The van der Waals surface area contributed by atoms with Crippen molar-refractivity contribution >= 4 is 32.9 Å². The van der Waals surface area contributed by atoms with Crippen molar-refractivity contribution in [3.05, 3.63) is 94.3 Å². The summed E-state index contributed by atoms with van der Waals surface area (Å²) in [5.74, 6) is -0.354. The summed E-state index contributed by atoms with van der Waals surface area (Å²) in [5, 5.41) is 16.0. The Morgan fingerprint density at radius 1 is 1.00 bits per heavy atom. The summed E-state index contributed by atoms with van der Waals surface area (Å²) < 4.78 is 34.2. The Hall–Kier alpha value is -4.48. The Labute approximate surface area is 237 Å².